The van der Waals surface area contributed by atoms with E-state index in [2.05, 4.69) is 14.8 Å². The first-order valence-electron chi connectivity index (χ1n) is 8.18. The molecule has 0 fully saturated rings. The maximum atomic E-state index is 12.6. The van der Waals surface area contributed by atoms with Crippen LogP contribution in [-0.2, 0) is 14.8 Å². The van der Waals surface area contributed by atoms with Crippen LogP contribution in [0.5, 0.6) is 5.75 Å². The number of benzene rings is 2. The Morgan fingerprint density at radius 1 is 1.18 bits per heavy atom. The van der Waals surface area contributed by atoms with Gasteiger partial charge in [-0.3, -0.25) is 4.79 Å². The lowest BCUT2D eigenvalue weighted by Crippen LogP contribution is -2.27. The summed E-state index contributed by atoms with van der Waals surface area (Å²) in [6.45, 7) is -1.04. The Kier molecular flexibility index (Phi) is 7.44. The minimum atomic E-state index is -3.81. The number of halogens is 2. The van der Waals surface area contributed by atoms with Crippen molar-refractivity contribution in [1.29, 1.82) is 0 Å². The Labute approximate surface area is 161 Å². The molecule has 0 saturated carbocycles. The summed E-state index contributed by atoms with van der Waals surface area (Å²) in [4.78, 5) is 12.5. The zero-order valence-electron chi connectivity index (χ0n) is 15.2. The number of sulfonamides is 1. The lowest BCUT2D eigenvalue weighted by atomic mass is 10.1. The summed E-state index contributed by atoms with van der Waals surface area (Å²) >= 11 is 0. The molecule has 0 heterocycles. The Balaban J connectivity index is 2.21. The number of carbonyl (C=O) groups is 1. The third-order valence-corrected chi connectivity index (χ3v) is 5.14. The van der Waals surface area contributed by atoms with Gasteiger partial charge in [0, 0.05) is 31.0 Å². The number of methoxy groups -OCH3 is 1. The first-order valence-corrected chi connectivity index (χ1v) is 9.67. The number of anilines is 1. The van der Waals surface area contributed by atoms with E-state index in [4.69, 9.17) is 4.74 Å². The fourth-order valence-corrected chi connectivity index (χ4v) is 3.36. The van der Waals surface area contributed by atoms with Crippen molar-refractivity contribution in [2.24, 2.45) is 0 Å². The fraction of sp³-hybridized carbons (Fsp3) is 0.278. The van der Waals surface area contributed by atoms with E-state index < -0.39 is 22.5 Å². The van der Waals surface area contributed by atoms with Crippen LogP contribution in [-0.4, -0.2) is 41.2 Å². The molecule has 0 aliphatic carbocycles. The molecule has 0 atom stereocenters. The number of hydrogen-bond acceptors (Lipinski definition) is 5. The van der Waals surface area contributed by atoms with Crippen molar-refractivity contribution in [1.82, 2.24) is 4.72 Å². The van der Waals surface area contributed by atoms with Crippen LogP contribution in [0.15, 0.2) is 47.4 Å². The third-order valence-electron chi connectivity index (χ3n) is 3.68. The molecule has 0 saturated heterocycles. The van der Waals surface area contributed by atoms with E-state index in [9.17, 15) is 22.0 Å². The maximum absolute atomic E-state index is 12.6. The van der Waals surface area contributed by atoms with Crippen molar-refractivity contribution in [2.75, 3.05) is 25.6 Å². The van der Waals surface area contributed by atoms with Crippen molar-refractivity contribution >= 4 is 21.6 Å². The van der Waals surface area contributed by atoms with Crippen LogP contribution in [0, 0.1) is 6.92 Å². The summed E-state index contributed by atoms with van der Waals surface area (Å²) in [5.41, 5.74) is 0.914. The van der Waals surface area contributed by atoms with Gasteiger partial charge in [-0.05, 0) is 36.8 Å². The summed E-state index contributed by atoms with van der Waals surface area (Å²) < 4.78 is 60.7. The van der Waals surface area contributed by atoms with Crippen LogP contribution in [0.2, 0.25) is 0 Å². The molecule has 0 aliphatic rings. The Hall–Kier alpha value is -2.56. The molecule has 0 aliphatic heterocycles. The molecule has 2 aromatic rings. The summed E-state index contributed by atoms with van der Waals surface area (Å²) in [5, 5.41) is 2.54. The van der Waals surface area contributed by atoms with Crippen LogP contribution in [0.4, 0.5) is 14.5 Å². The van der Waals surface area contributed by atoms with E-state index in [-0.39, 0.29) is 35.0 Å². The average Bonchev–Trinajstić information content (AvgIpc) is 2.61. The summed E-state index contributed by atoms with van der Waals surface area (Å²) in [7, 11) is -2.36. The summed E-state index contributed by atoms with van der Waals surface area (Å²) in [6.07, 6.45) is 0. The maximum Gasteiger partial charge on any atom is 0.387 e. The minimum Gasteiger partial charge on any atom is -0.435 e. The Morgan fingerprint density at radius 3 is 2.61 bits per heavy atom. The van der Waals surface area contributed by atoms with Gasteiger partial charge >= 0.3 is 6.61 Å². The molecule has 2 aromatic carbocycles. The number of amides is 1. The molecule has 1 amide bonds. The topological polar surface area (TPSA) is 93.7 Å². The number of carbonyl (C=O) groups excluding carboxylic acids is 1. The van der Waals surface area contributed by atoms with E-state index in [0.717, 1.165) is 0 Å². The highest BCUT2D eigenvalue weighted by Gasteiger charge is 2.18. The molecule has 10 heteroatoms. The third kappa shape index (κ3) is 5.98. The van der Waals surface area contributed by atoms with Gasteiger partial charge in [0.1, 0.15) is 5.75 Å². The van der Waals surface area contributed by atoms with Gasteiger partial charge in [-0.25, -0.2) is 13.1 Å². The van der Waals surface area contributed by atoms with E-state index in [1.54, 1.807) is 6.92 Å². The van der Waals surface area contributed by atoms with Crippen LogP contribution in [0.3, 0.4) is 0 Å². The molecule has 28 heavy (non-hydrogen) atoms. The second kappa shape index (κ2) is 9.58. The lowest BCUT2D eigenvalue weighted by Gasteiger charge is -2.12. The molecule has 0 unspecified atom stereocenters. The standard InChI is InChI=1S/C18H20F2N2O5S/c1-12-6-7-15(28(24,25)21-8-9-26-2)11-16(12)17(23)22-13-4-3-5-14(10-13)27-18(19)20/h3-7,10-11,18,21H,8-9H2,1-2H3,(H,22,23). The van der Waals surface area contributed by atoms with Gasteiger partial charge in [0.15, 0.2) is 0 Å². The van der Waals surface area contributed by atoms with Gasteiger partial charge in [-0.15, -0.1) is 0 Å². The molecular formula is C18H20F2N2O5S. The van der Waals surface area contributed by atoms with Gasteiger partial charge in [-0.2, -0.15) is 8.78 Å². The highest BCUT2D eigenvalue weighted by Crippen LogP contribution is 2.21. The number of nitrogens with one attached hydrogen (secondary N) is 2. The SMILES string of the molecule is COCCNS(=O)(=O)c1ccc(C)c(C(=O)Nc2cccc(OC(F)F)c2)c1. The van der Waals surface area contributed by atoms with Crippen LogP contribution >= 0.6 is 0 Å². The van der Waals surface area contributed by atoms with Crippen molar-refractivity contribution in [3.8, 4) is 5.75 Å². The highest BCUT2D eigenvalue weighted by atomic mass is 32.2. The second-order valence-corrected chi connectivity index (χ2v) is 7.49. The van der Waals surface area contributed by atoms with Gasteiger partial charge in [0.2, 0.25) is 10.0 Å². The highest BCUT2D eigenvalue weighted by molar-refractivity contribution is 7.89. The number of aryl methyl sites for hydroxylation is 1. The van der Waals surface area contributed by atoms with Crippen molar-refractivity contribution in [3.05, 3.63) is 53.6 Å². The van der Waals surface area contributed by atoms with Crippen molar-refractivity contribution in [2.45, 2.75) is 18.4 Å². The molecule has 2 N–H and O–H groups in total. The van der Waals surface area contributed by atoms with Crippen LogP contribution in [0.25, 0.3) is 0 Å². The summed E-state index contributed by atoms with van der Waals surface area (Å²) in [5.74, 6) is -0.691. The molecular weight excluding hydrogens is 394 g/mol. The van der Waals surface area contributed by atoms with E-state index in [1.807, 2.05) is 0 Å². The molecule has 2 rings (SSSR count). The molecule has 152 valence electrons. The average molecular weight is 414 g/mol. The smallest absolute Gasteiger partial charge is 0.387 e. The van der Waals surface area contributed by atoms with Gasteiger partial charge in [0.25, 0.3) is 5.91 Å². The number of hydrogen-bond donors (Lipinski definition) is 2. The predicted octanol–water partition coefficient (Wildman–Crippen LogP) is 2.77. The van der Waals surface area contributed by atoms with Gasteiger partial charge in [0.05, 0.1) is 11.5 Å². The molecule has 0 aromatic heterocycles. The van der Waals surface area contributed by atoms with Crippen LogP contribution < -0.4 is 14.8 Å². The molecule has 0 radical (unpaired) electrons. The normalized spacial score (nSPS) is 11.5. The van der Waals surface area contributed by atoms with Crippen LogP contribution in [0.1, 0.15) is 15.9 Å². The van der Waals surface area contributed by atoms with E-state index >= 15 is 0 Å². The monoisotopic (exact) mass is 414 g/mol. The number of ether oxygens (including phenoxy) is 2. The zero-order chi connectivity index (χ0) is 20.7. The first kappa shape index (κ1) is 21.7. The lowest BCUT2D eigenvalue weighted by molar-refractivity contribution is -0.0498. The predicted molar refractivity (Wildman–Crippen MR) is 99.3 cm³/mol. The van der Waals surface area contributed by atoms with Gasteiger partial charge < -0.3 is 14.8 Å². The largest absolute Gasteiger partial charge is 0.435 e. The van der Waals surface area contributed by atoms with E-state index in [0.29, 0.717) is 5.56 Å². The molecule has 0 spiro atoms. The Bertz CT molecular complexity index is 935. The second-order valence-electron chi connectivity index (χ2n) is 5.73. The number of alkyl halides is 2. The van der Waals surface area contributed by atoms with Gasteiger partial charge in [-0.1, -0.05) is 12.1 Å². The van der Waals surface area contributed by atoms with Crippen molar-refractivity contribution in [3.63, 3.8) is 0 Å². The van der Waals surface area contributed by atoms with E-state index in [1.165, 1.54) is 49.6 Å². The Morgan fingerprint density at radius 2 is 1.93 bits per heavy atom. The fourth-order valence-electron chi connectivity index (χ4n) is 2.32. The molecule has 7 nitrogen and oxygen atoms in total. The number of rotatable bonds is 9. The first-order chi connectivity index (χ1) is 13.2. The minimum absolute atomic E-state index is 0.0749. The molecule has 0 bridgehead atoms. The summed E-state index contributed by atoms with van der Waals surface area (Å²) in [6, 6.07) is 9.66. The van der Waals surface area contributed by atoms with Crippen molar-refractivity contribution < 1.29 is 31.5 Å². The quantitative estimate of drug-likeness (QED) is 0.616. The zero-order valence-corrected chi connectivity index (χ0v) is 16.1.